The first-order chi connectivity index (χ1) is 11.5. The summed E-state index contributed by atoms with van der Waals surface area (Å²) in [6.45, 7) is 4.26. The second-order valence-corrected chi connectivity index (χ2v) is 5.61. The molecule has 0 bridgehead atoms. The molecule has 0 saturated carbocycles. The highest BCUT2D eigenvalue weighted by molar-refractivity contribution is 5.94. The largest absolute Gasteiger partial charge is 0.376 e. The Balaban J connectivity index is 1.99. The number of nitrogens with one attached hydrogen (secondary N) is 2. The lowest BCUT2D eigenvalue weighted by Crippen LogP contribution is -2.22. The van der Waals surface area contributed by atoms with E-state index in [9.17, 15) is 14.9 Å². The van der Waals surface area contributed by atoms with Crippen LogP contribution < -0.4 is 10.6 Å². The number of carbonyl (C=O) groups excluding carboxylic acids is 1. The van der Waals surface area contributed by atoms with Crippen LogP contribution >= 0.6 is 0 Å². The maximum absolute atomic E-state index is 12.2. The monoisotopic (exact) mass is 327 g/mol. The number of nitro benzene ring substituents is 1. The minimum absolute atomic E-state index is 0.0116. The third-order valence-corrected chi connectivity index (χ3v) is 3.89. The van der Waals surface area contributed by atoms with Crippen LogP contribution in [0.4, 0.5) is 17.1 Å². The first kappa shape index (κ1) is 17.5. The number of nitro groups is 1. The molecule has 2 rings (SSSR count). The normalized spacial score (nSPS) is 11.6. The fourth-order valence-electron chi connectivity index (χ4n) is 2.37. The van der Waals surface area contributed by atoms with E-state index in [1.165, 1.54) is 12.1 Å². The van der Waals surface area contributed by atoms with Crippen LogP contribution in [0, 0.1) is 10.1 Å². The summed E-state index contributed by atoms with van der Waals surface area (Å²) in [4.78, 5) is 22.5. The second-order valence-electron chi connectivity index (χ2n) is 5.61. The number of hydrogen-bond acceptors (Lipinski definition) is 4. The van der Waals surface area contributed by atoms with Crippen molar-refractivity contribution in [2.24, 2.45) is 0 Å². The van der Waals surface area contributed by atoms with Crippen LogP contribution in [0.5, 0.6) is 0 Å². The lowest BCUT2D eigenvalue weighted by Gasteiger charge is -2.16. The first-order valence-electron chi connectivity index (χ1n) is 7.88. The first-order valence-corrected chi connectivity index (χ1v) is 7.88. The number of anilines is 2. The molecule has 24 heavy (non-hydrogen) atoms. The van der Waals surface area contributed by atoms with Crippen molar-refractivity contribution in [3.63, 3.8) is 0 Å². The molecular formula is C18H21N3O3. The molecule has 1 atom stereocenters. The van der Waals surface area contributed by atoms with Gasteiger partial charge in [0.1, 0.15) is 0 Å². The maximum Gasteiger partial charge on any atom is 0.271 e. The van der Waals surface area contributed by atoms with Gasteiger partial charge in [-0.25, -0.2) is 0 Å². The third kappa shape index (κ3) is 4.55. The minimum Gasteiger partial charge on any atom is -0.376 e. The SMILES string of the molecule is CCC(C)c1ccccc1NC(=O)CNc1cccc([N+](=O)[O-])c1. The molecule has 0 spiro atoms. The Kier molecular flexibility index (Phi) is 5.89. The van der Waals surface area contributed by atoms with Gasteiger partial charge >= 0.3 is 0 Å². The standard InChI is InChI=1S/C18H21N3O3/c1-3-13(2)16-9-4-5-10-17(16)20-18(22)12-19-14-7-6-8-15(11-14)21(23)24/h4-11,13,19H,3,12H2,1-2H3,(H,20,22). The van der Waals surface area contributed by atoms with Crippen molar-refractivity contribution in [1.82, 2.24) is 0 Å². The Bertz CT molecular complexity index is 731. The number of non-ortho nitro benzene ring substituents is 1. The van der Waals surface area contributed by atoms with Gasteiger partial charge in [-0.15, -0.1) is 0 Å². The van der Waals surface area contributed by atoms with E-state index in [2.05, 4.69) is 24.5 Å². The molecule has 6 heteroatoms. The molecule has 0 aromatic heterocycles. The molecule has 0 radical (unpaired) electrons. The van der Waals surface area contributed by atoms with Gasteiger partial charge in [0, 0.05) is 23.5 Å². The van der Waals surface area contributed by atoms with Crippen LogP contribution in [-0.2, 0) is 4.79 Å². The van der Waals surface area contributed by atoms with E-state index in [0.29, 0.717) is 11.6 Å². The van der Waals surface area contributed by atoms with Crippen LogP contribution in [-0.4, -0.2) is 17.4 Å². The molecule has 0 aliphatic rings. The summed E-state index contributed by atoms with van der Waals surface area (Å²) in [5.41, 5.74) is 2.43. The van der Waals surface area contributed by atoms with Crippen molar-refractivity contribution in [3.8, 4) is 0 Å². The molecule has 0 heterocycles. The minimum atomic E-state index is -0.465. The summed E-state index contributed by atoms with van der Waals surface area (Å²) in [5.74, 6) is 0.156. The molecule has 1 unspecified atom stereocenters. The Morgan fingerprint density at radius 3 is 2.67 bits per heavy atom. The summed E-state index contributed by atoms with van der Waals surface area (Å²) >= 11 is 0. The maximum atomic E-state index is 12.2. The molecule has 6 nitrogen and oxygen atoms in total. The Hall–Kier alpha value is -2.89. The summed E-state index contributed by atoms with van der Waals surface area (Å²) in [6, 6.07) is 13.8. The van der Waals surface area contributed by atoms with E-state index < -0.39 is 4.92 Å². The molecule has 0 fully saturated rings. The molecular weight excluding hydrogens is 306 g/mol. The van der Waals surface area contributed by atoms with Crippen LogP contribution in [0.15, 0.2) is 48.5 Å². The molecule has 2 aromatic rings. The van der Waals surface area contributed by atoms with Gasteiger partial charge in [-0.1, -0.05) is 38.1 Å². The predicted octanol–water partition coefficient (Wildman–Crippen LogP) is 4.16. The quantitative estimate of drug-likeness (QED) is 0.591. The molecule has 0 aliphatic heterocycles. The average Bonchev–Trinajstić information content (AvgIpc) is 2.60. The number of para-hydroxylation sites is 1. The number of benzene rings is 2. The number of nitrogens with zero attached hydrogens (tertiary/aromatic N) is 1. The van der Waals surface area contributed by atoms with E-state index in [1.54, 1.807) is 12.1 Å². The van der Waals surface area contributed by atoms with E-state index in [-0.39, 0.29) is 18.1 Å². The molecule has 2 aromatic carbocycles. The molecule has 126 valence electrons. The molecule has 1 amide bonds. The zero-order chi connectivity index (χ0) is 17.5. The van der Waals surface area contributed by atoms with Gasteiger partial charge in [0.15, 0.2) is 0 Å². The second kappa shape index (κ2) is 8.10. The Morgan fingerprint density at radius 2 is 1.96 bits per heavy atom. The van der Waals surface area contributed by atoms with Gasteiger partial charge in [-0.3, -0.25) is 14.9 Å². The number of carbonyl (C=O) groups is 1. The highest BCUT2D eigenvalue weighted by Crippen LogP contribution is 2.26. The van der Waals surface area contributed by atoms with E-state index in [1.807, 2.05) is 24.3 Å². The molecule has 2 N–H and O–H groups in total. The van der Waals surface area contributed by atoms with E-state index in [0.717, 1.165) is 17.7 Å². The van der Waals surface area contributed by atoms with Gasteiger partial charge in [0.25, 0.3) is 5.69 Å². The van der Waals surface area contributed by atoms with Crippen molar-refractivity contribution in [1.29, 1.82) is 0 Å². The van der Waals surface area contributed by atoms with Crippen LogP contribution in [0.25, 0.3) is 0 Å². The third-order valence-electron chi connectivity index (χ3n) is 3.89. The predicted molar refractivity (Wildman–Crippen MR) is 95.4 cm³/mol. The molecule has 0 saturated heterocycles. The van der Waals surface area contributed by atoms with Gasteiger partial charge in [-0.2, -0.15) is 0 Å². The van der Waals surface area contributed by atoms with Crippen LogP contribution in [0.2, 0.25) is 0 Å². The topological polar surface area (TPSA) is 84.3 Å². The Morgan fingerprint density at radius 1 is 1.21 bits per heavy atom. The lowest BCUT2D eigenvalue weighted by atomic mass is 9.97. The van der Waals surface area contributed by atoms with Gasteiger partial charge < -0.3 is 10.6 Å². The van der Waals surface area contributed by atoms with Gasteiger partial charge in [-0.05, 0) is 30.0 Å². The van der Waals surface area contributed by atoms with Crippen molar-refractivity contribution in [2.75, 3.05) is 17.2 Å². The number of amides is 1. The van der Waals surface area contributed by atoms with E-state index >= 15 is 0 Å². The van der Waals surface area contributed by atoms with E-state index in [4.69, 9.17) is 0 Å². The summed E-state index contributed by atoms with van der Waals surface area (Å²) in [5, 5.41) is 16.6. The fourth-order valence-corrected chi connectivity index (χ4v) is 2.37. The van der Waals surface area contributed by atoms with Gasteiger partial charge in [0.05, 0.1) is 11.5 Å². The van der Waals surface area contributed by atoms with Crippen molar-refractivity contribution < 1.29 is 9.72 Å². The van der Waals surface area contributed by atoms with Crippen LogP contribution in [0.3, 0.4) is 0 Å². The fraction of sp³-hybridized carbons (Fsp3) is 0.278. The van der Waals surface area contributed by atoms with Crippen molar-refractivity contribution in [2.45, 2.75) is 26.2 Å². The zero-order valence-electron chi connectivity index (χ0n) is 13.8. The zero-order valence-corrected chi connectivity index (χ0v) is 13.8. The highest BCUT2D eigenvalue weighted by Gasteiger charge is 2.11. The number of rotatable bonds is 7. The summed E-state index contributed by atoms with van der Waals surface area (Å²) < 4.78 is 0. The molecule has 0 aliphatic carbocycles. The van der Waals surface area contributed by atoms with Crippen molar-refractivity contribution >= 4 is 23.0 Å². The lowest BCUT2D eigenvalue weighted by molar-refractivity contribution is -0.384. The Labute approximate surface area is 141 Å². The summed E-state index contributed by atoms with van der Waals surface area (Å²) in [6.07, 6.45) is 0.985. The smallest absolute Gasteiger partial charge is 0.271 e. The van der Waals surface area contributed by atoms with Crippen molar-refractivity contribution in [3.05, 3.63) is 64.2 Å². The highest BCUT2D eigenvalue weighted by atomic mass is 16.6. The van der Waals surface area contributed by atoms with Crippen LogP contribution in [0.1, 0.15) is 31.7 Å². The summed E-state index contributed by atoms with van der Waals surface area (Å²) in [7, 11) is 0. The number of hydrogen-bond donors (Lipinski definition) is 2. The average molecular weight is 327 g/mol. The van der Waals surface area contributed by atoms with Gasteiger partial charge in [0.2, 0.25) is 5.91 Å².